The molecule has 5 heteroatoms. The second-order valence-electron chi connectivity index (χ2n) is 4.25. The minimum absolute atomic E-state index is 0.124. The number of benzene rings is 1. The molecule has 0 unspecified atom stereocenters. The number of pyridine rings is 1. The fourth-order valence-electron chi connectivity index (χ4n) is 1.92. The summed E-state index contributed by atoms with van der Waals surface area (Å²) in [4.78, 5) is 8.59. The van der Waals surface area contributed by atoms with Crippen LogP contribution in [0.3, 0.4) is 0 Å². The first-order valence-electron chi connectivity index (χ1n) is 6.15. The maximum Gasteiger partial charge on any atom is 0.227 e. The lowest BCUT2D eigenvalue weighted by Crippen LogP contribution is -1.89. The number of hydrogen-bond acceptors (Lipinski definition) is 5. The normalized spacial score (nSPS) is 11.0. The summed E-state index contributed by atoms with van der Waals surface area (Å²) in [6.07, 6.45) is 2.99. The SMILES string of the molecule is OCCCc1nc(-c2ccc3ncccc3c2)no1. The highest BCUT2D eigenvalue weighted by molar-refractivity contribution is 5.82. The molecule has 2 heterocycles. The van der Waals surface area contributed by atoms with Crippen molar-refractivity contribution in [3.8, 4) is 11.4 Å². The van der Waals surface area contributed by atoms with Crippen LogP contribution in [0.5, 0.6) is 0 Å². The number of rotatable bonds is 4. The van der Waals surface area contributed by atoms with Crippen LogP contribution in [0.15, 0.2) is 41.1 Å². The zero-order valence-electron chi connectivity index (χ0n) is 10.3. The van der Waals surface area contributed by atoms with Gasteiger partial charge in [-0.2, -0.15) is 4.98 Å². The maximum atomic E-state index is 8.77. The molecule has 0 aliphatic rings. The molecule has 0 saturated carbocycles. The summed E-state index contributed by atoms with van der Waals surface area (Å²) < 4.78 is 5.15. The third-order valence-corrected chi connectivity index (χ3v) is 2.88. The number of aromatic nitrogens is 3. The van der Waals surface area contributed by atoms with Crippen molar-refractivity contribution in [1.29, 1.82) is 0 Å². The highest BCUT2D eigenvalue weighted by atomic mass is 16.5. The molecule has 0 bridgehead atoms. The third kappa shape index (κ3) is 2.46. The van der Waals surface area contributed by atoms with Gasteiger partial charge < -0.3 is 9.63 Å². The van der Waals surface area contributed by atoms with Crippen molar-refractivity contribution < 1.29 is 9.63 Å². The highest BCUT2D eigenvalue weighted by Gasteiger charge is 2.08. The molecule has 19 heavy (non-hydrogen) atoms. The Hall–Kier alpha value is -2.27. The molecule has 0 fully saturated rings. The average molecular weight is 255 g/mol. The first-order valence-corrected chi connectivity index (χ1v) is 6.15. The van der Waals surface area contributed by atoms with Gasteiger partial charge in [0.1, 0.15) is 0 Å². The summed E-state index contributed by atoms with van der Waals surface area (Å²) in [5, 5.41) is 13.8. The number of nitrogens with zero attached hydrogens (tertiary/aromatic N) is 3. The van der Waals surface area contributed by atoms with Crippen molar-refractivity contribution in [2.75, 3.05) is 6.61 Å². The van der Waals surface area contributed by atoms with E-state index in [4.69, 9.17) is 9.63 Å². The minimum atomic E-state index is 0.124. The van der Waals surface area contributed by atoms with Gasteiger partial charge in [0.15, 0.2) is 0 Å². The molecule has 0 atom stereocenters. The molecule has 0 amide bonds. The van der Waals surface area contributed by atoms with Gasteiger partial charge in [0, 0.05) is 30.2 Å². The Bertz CT molecular complexity index is 694. The van der Waals surface area contributed by atoms with Gasteiger partial charge in [-0.3, -0.25) is 4.98 Å². The topological polar surface area (TPSA) is 72.0 Å². The molecule has 0 spiro atoms. The van der Waals surface area contributed by atoms with Crippen LogP contribution in [0.1, 0.15) is 12.3 Å². The lowest BCUT2D eigenvalue weighted by Gasteiger charge is -1.98. The Morgan fingerprint density at radius 2 is 2.16 bits per heavy atom. The van der Waals surface area contributed by atoms with E-state index >= 15 is 0 Å². The zero-order valence-corrected chi connectivity index (χ0v) is 10.3. The van der Waals surface area contributed by atoms with Crippen molar-refractivity contribution in [3.05, 3.63) is 42.4 Å². The molecule has 1 aromatic carbocycles. The predicted octanol–water partition coefficient (Wildman–Crippen LogP) is 2.21. The second kappa shape index (κ2) is 5.16. The van der Waals surface area contributed by atoms with Gasteiger partial charge in [-0.05, 0) is 30.7 Å². The predicted molar refractivity (Wildman–Crippen MR) is 70.4 cm³/mol. The molecule has 96 valence electrons. The van der Waals surface area contributed by atoms with Crippen molar-refractivity contribution in [1.82, 2.24) is 15.1 Å². The lowest BCUT2D eigenvalue weighted by atomic mass is 10.1. The molecule has 0 radical (unpaired) electrons. The van der Waals surface area contributed by atoms with Gasteiger partial charge in [0.2, 0.25) is 11.7 Å². The Morgan fingerprint density at radius 3 is 3.05 bits per heavy atom. The average Bonchev–Trinajstić information content (AvgIpc) is 2.93. The molecule has 0 aliphatic heterocycles. The standard InChI is InChI=1S/C14H13N3O2/c18-8-2-4-13-16-14(17-19-13)11-5-6-12-10(9-11)3-1-7-15-12/h1,3,5-7,9,18H,2,4,8H2. The molecule has 3 rings (SSSR count). The van der Waals surface area contributed by atoms with E-state index in [9.17, 15) is 0 Å². The number of aryl methyl sites for hydroxylation is 1. The van der Waals surface area contributed by atoms with Gasteiger partial charge in [-0.1, -0.05) is 11.2 Å². The highest BCUT2D eigenvalue weighted by Crippen LogP contribution is 2.21. The Morgan fingerprint density at radius 1 is 1.21 bits per heavy atom. The molecule has 3 aromatic rings. The largest absolute Gasteiger partial charge is 0.396 e. The Kier molecular flexibility index (Phi) is 3.20. The Balaban J connectivity index is 1.92. The fourth-order valence-corrected chi connectivity index (χ4v) is 1.92. The Labute approximate surface area is 109 Å². The quantitative estimate of drug-likeness (QED) is 0.773. The van der Waals surface area contributed by atoms with Gasteiger partial charge in [-0.15, -0.1) is 0 Å². The number of fused-ring (bicyclic) bond motifs is 1. The van der Waals surface area contributed by atoms with Crippen molar-refractivity contribution in [3.63, 3.8) is 0 Å². The second-order valence-corrected chi connectivity index (χ2v) is 4.25. The monoisotopic (exact) mass is 255 g/mol. The van der Waals surface area contributed by atoms with E-state index in [1.165, 1.54) is 0 Å². The molecule has 0 saturated heterocycles. The van der Waals surface area contributed by atoms with Crippen LogP contribution < -0.4 is 0 Å². The van der Waals surface area contributed by atoms with Crippen LogP contribution in [-0.2, 0) is 6.42 Å². The fraction of sp³-hybridized carbons (Fsp3) is 0.214. The first kappa shape index (κ1) is 11.8. The van der Waals surface area contributed by atoms with Crippen LogP contribution in [-0.4, -0.2) is 26.8 Å². The zero-order chi connectivity index (χ0) is 13.1. The number of aliphatic hydroxyl groups is 1. The van der Waals surface area contributed by atoms with Gasteiger partial charge in [0.05, 0.1) is 5.52 Å². The third-order valence-electron chi connectivity index (χ3n) is 2.88. The molecule has 1 N–H and O–H groups in total. The van der Waals surface area contributed by atoms with Crippen molar-refractivity contribution >= 4 is 10.9 Å². The van der Waals surface area contributed by atoms with E-state index in [0.29, 0.717) is 24.6 Å². The van der Waals surface area contributed by atoms with E-state index in [1.807, 2.05) is 30.3 Å². The molecule has 5 nitrogen and oxygen atoms in total. The van der Waals surface area contributed by atoms with Crippen LogP contribution in [0, 0.1) is 0 Å². The molecule has 0 aliphatic carbocycles. The van der Waals surface area contributed by atoms with Crippen molar-refractivity contribution in [2.45, 2.75) is 12.8 Å². The van der Waals surface area contributed by atoms with E-state index in [0.717, 1.165) is 16.5 Å². The van der Waals surface area contributed by atoms with Gasteiger partial charge >= 0.3 is 0 Å². The molecule has 2 aromatic heterocycles. The summed E-state index contributed by atoms with van der Waals surface area (Å²) in [6, 6.07) is 9.75. The van der Waals surface area contributed by atoms with E-state index in [1.54, 1.807) is 6.20 Å². The van der Waals surface area contributed by atoms with E-state index in [-0.39, 0.29) is 6.61 Å². The van der Waals surface area contributed by atoms with E-state index < -0.39 is 0 Å². The summed E-state index contributed by atoms with van der Waals surface area (Å²) in [7, 11) is 0. The van der Waals surface area contributed by atoms with Crippen molar-refractivity contribution in [2.24, 2.45) is 0 Å². The van der Waals surface area contributed by atoms with Gasteiger partial charge in [-0.25, -0.2) is 0 Å². The summed E-state index contributed by atoms with van der Waals surface area (Å²) in [6.45, 7) is 0.124. The van der Waals surface area contributed by atoms with Crippen LogP contribution in [0.25, 0.3) is 22.3 Å². The van der Waals surface area contributed by atoms with Gasteiger partial charge in [0.25, 0.3) is 0 Å². The molecular weight excluding hydrogens is 242 g/mol. The van der Waals surface area contributed by atoms with Crippen LogP contribution >= 0.6 is 0 Å². The van der Waals surface area contributed by atoms with Crippen LogP contribution in [0.4, 0.5) is 0 Å². The first-order chi connectivity index (χ1) is 9.36. The minimum Gasteiger partial charge on any atom is -0.396 e. The lowest BCUT2D eigenvalue weighted by molar-refractivity contribution is 0.278. The summed E-state index contributed by atoms with van der Waals surface area (Å²) in [5.74, 6) is 1.12. The maximum absolute atomic E-state index is 8.77. The smallest absolute Gasteiger partial charge is 0.227 e. The summed E-state index contributed by atoms with van der Waals surface area (Å²) >= 11 is 0. The molecular formula is C14H13N3O2. The van der Waals surface area contributed by atoms with Crippen LogP contribution in [0.2, 0.25) is 0 Å². The number of hydrogen-bond donors (Lipinski definition) is 1. The number of aliphatic hydroxyl groups excluding tert-OH is 1. The van der Waals surface area contributed by atoms with E-state index in [2.05, 4.69) is 15.1 Å². The summed E-state index contributed by atoms with van der Waals surface area (Å²) in [5.41, 5.74) is 1.84.